The summed E-state index contributed by atoms with van der Waals surface area (Å²) < 4.78 is 4.92. The Morgan fingerprint density at radius 3 is 2.40 bits per heavy atom. The monoisotopic (exact) mass is 468 g/mol. The number of aryl methyl sites for hydroxylation is 1. The first-order valence-corrected chi connectivity index (χ1v) is 9.86. The Hall–Kier alpha value is -3.46. The minimum Gasteiger partial charge on any atom is -0.340 e. The number of nitro groups is 1. The Balaban J connectivity index is 2.12. The van der Waals surface area contributed by atoms with Crippen LogP contribution in [0.15, 0.2) is 68.8 Å². The molecule has 152 valence electrons. The summed E-state index contributed by atoms with van der Waals surface area (Å²) in [5.41, 5.74) is 1.50. The van der Waals surface area contributed by atoms with Gasteiger partial charge in [-0.3, -0.25) is 24.0 Å². The highest BCUT2D eigenvalue weighted by molar-refractivity contribution is 9.10. The number of hydrogen-bond donors (Lipinski definition) is 0. The highest BCUT2D eigenvalue weighted by Gasteiger charge is 2.22. The van der Waals surface area contributed by atoms with Gasteiger partial charge in [0.15, 0.2) is 0 Å². The van der Waals surface area contributed by atoms with Crippen molar-refractivity contribution in [3.8, 4) is 11.3 Å². The zero-order valence-corrected chi connectivity index (χ0v) is 17.8. The molecule has 0 spiro atoms. The van der Waals surface area contributed by atoms with E-state index >= 15 is 0 Å². The molecular formula is C21H17BrN4O4. The van der Waals surface area contributed by atoms with E-state index in [1.165, 1.54) is 23.7 Å². The van der Waals surface area contributed by atoms with Crippen LogP contribution in [-0.4, -0.2) is 18.6 Å². The van der Waals surface area contributed by atoms with Gasteiger partial charge in [-0.05, 0) is 11.6 Å². The van der Waals surface area contributed by atoms with Gasteiger partial charge in [0, 0.05) is 49.0 Å². The minimum absolute atomic E-state index is 0.0875. The summed E-state index contributed by atoms with van der Waals surface area (Å²) >= 11 is 3.47. The SMILES string of the molecule is Cn1c(=O)c2c(-c3cc([N+](=O)[O-])ccc3Br)n(Cc3ccccc3)cc2n(C)c1=O. The summed E-state index contributed by atoms with van der Waals surface area (Å²) in [7, 11) is 3.02. The first kappa shape index (κ1) is 19.8. The standard InChI is InChI=1S/C21H17BrN4O4/c1-23-17-12-25(11-13-6-4-3-5-7-13)19(18(17)20(27)24(2)21(23)28)15-10-14(26(29)30)8-9-16(15)22/h3-10,12H,11H2,1-2H3. The fourth-order valence-corrected chi connectivity index (χ4v) is 4.03. The van der Waals surface area contributed by atoms with E-state index in [0.717, 1.165) is 10.1 Å². The van der Waals surface area contributed by atoms with Crippen molar-refractivity contribution in [3.05, 3.63) is 95.7 Å². The molecule has 2 aromatic carbocycles. The predicted molar refractivity (Wildman–Crippen MR) is 118 cm³/mol. The third-order valence-electron chi connectivity index (χ3n) is 5.12. The molecule has 2 aromatic heterocycles. The average molecular weight is 469 g/mol. The van der Waals surface area contributed by atoms with Gasteiger partial charge in [0.1, 0.15) is 0 Å². The Kier molecular flexibility index (Phi) is 4.90. The number of hydrogen-bond acceptors (Lipinski definition) is 4. The maximum atomic E-state index is 13.1. The molecule has 0 bridgehead atoms. The van der Waals surface area contributed by atoms with Gasteiger partial charge in [0.2, 0.25) is 0 Å². The van der Waals surface area contributed by atoms with Gasteiger partial charge < -0.3 is 4.57 Å². The van der Waals surface area contributed by atoms with Gasteiger partial charge >= 0.3 is 5.69 Å². The Labute approximate surface area is 178 Å². The predicted octanol–water partition coefficient (Wildman–Crippen LogP) is 3.42. The third kappa shape index (κ3) is 3.17. The van der Waals surface area contributed by atoms with Crippen molar-refractivity contribution in [1.29, 1.82) is 0 Å². The quantitative estimate of drug-likeness (QED) is 0.338. The van der Waals surface area contributed by atoms with Gasteiger partial charge in [0.25, 0.3) is 11.2 Å². The third-order valence-corrected chi connectivity index (χ3v) is 5.82. The van der Waals surface area contributed by atoms with Crippen LogP contribution in [0.1, 0.15) is 5.56 Å². The van der Waals surface area contributed by atoms with Gasteiger partial charge in [-0.2, -0.15) is 0 Å². The van der Waals surface area contributed by atoms with Crippen LogP contribution in [-0.2, 0) is 20.6 Å². The molecule has 0 N–H and O–H groups in total. The highest BCUT2D eigenvalue weighted by Crippen LogP contribution is 2.36. The van der Waals surface area contributed by atoms with Crippen molar-refractivity contribution in [2.75, 3.05) is 0 Å². The summed E-state index contributed by atoms with van der Waals surface area (Å²) in [6.07, 6.45) is 1.74. The van der Waals surface area contributed by atoms with Crippen molar-refractivity contribution in [2.45, 2.75) is 6.54 Å². The van der Waals surface area contributed by atoms with Gasteiger partial charge in [-0.25, -0.2) is 4.79 Å². The maximum Gasteiger partial charge on any atom is 0.330 e. The maximum absolute atomic E-state index is 13.1. The molecule has 9 heteroatoms. The lowest BCUT2D eigenvalue weighted by Crippen LogP contribution is -2.36. The first-order valence-electron chi connectivity index (χ1n) is 9.06. The molecule has 0 fully saturated rings. The minimum atomic E-state index is -0.476. The second kappa shape index (κ2) is 7.42. The molecule has 0 amide bonds. The molecule has 0 radical (unpaired) electrons. The van der Waals surface area contributed by atoms with Gasteiger partial charge in [0.05, 0.1) is 21.5 Å². The molecule has 2 heterocycles. The van der Waals surface area contributed by atoms with E-state index < -0.39 is 16.2 Å². The number of aromatic nitrogens is 3. The van der Waals surface area contributed by atoms with E-state index in [1.807, 2.05) is 34.9 Å². The van der Waals surface area contributed by atoms with Crippen molar-refractivity contribution < 1.29 is 4.92 Å². The van der Waals surface area contributed by atoms with Crippen LogP contribution in [0.4, 0.5) is 5.69 Å². The molecule has 0 aliphatic heterocycles. The fourth-order valence-electron chi connectivity index (χ4n) is 3.59. The molecule has 0 saturated carbocycles. The number of rotatable bonds is 4. The number of fused-ring (bicyclic) bond motifs is 1. The molecule has 8 nitrogen and oxygen atoms in total. The van der Waals surface area contributed by atoms with Crippen molar-refractivity contribution >= 4 is 32.5 Å². The van der Waals surface area contributed by atoms with E-state index in [-0.39, 0.29) is 5.69 Å². The van der Waals surface area contributed by atoms with Crippen LogP contribution < -0.4 is 11.2 Å². The van der Waals surface area contributed by atoms with Crippen LogP contribution >= 0.6 is 15.9 Å². The number of nitro benzene ring substituents is 1. The normalized spacial score (nSPS) is 11.2. The smallest absolute Gasteiger partial charge is 0.330 e. The van der Waals surface area contributed by atoms with Gasteiger partial charge in [-0.1, -0.05) is 46.3 Å². The molecule has 0 unspecified atom stereocenters. The Morgan fingerprint density at radius 2 is 1.73 bits per heavy atom. The van der Waals surface area contributed by atoms with Crippen LogP contribution in [0.3, 0.4) is 0 Å². The van der Waals surface area contributed by atoms with Gasteiger partial charge in [-0.15, -0.1) is 0 Å². The molecule has 0 saturated heterocycles. The first-order chi connectivity index (χ1) is 14.3. The van der Waals surface area contributed by atoms with Crippen molar-refractivity contribution in [3.63, 3.8) is 0 Å². The van der Waals surface area contributed by atoms with Crippen molar-refractivity contribution in [2.24, 2.45) is 14.1 Å². The van der Waals surface area contributed by atoms with Crippen LogP contribution in [0.25, 0.3) is 22.2 Å². The van der Waals surface area contributed by atoms with Crippen molar-refractivity contribution in [1.82, 2.24) is 13.7 Å². The zero-order valence-electron chi connectivity index (χ0n) is 16.2. The Morgan fingerprint density at radius 1 is 1.03 bits per heavy atom. The fraction of sp³-hybridized carbons (Fsp3) is 0.143. The molecule has 4 aromatic rings. The number of halogens is 1. The second-order valence-corrected chi connectivity index (χ2v) is 7.83. The number of non-ortho nitro benzene ring substituents is 1. The highest BCUT2D eigenvalue weighted by atomic mass is 79.9. The molecular weight excluding hydrogens is 452 g/mol. The van der Waals surface area contributed by atoms with E-state index in [2.05, 4.69) is 15.9 Å². The van der Waals surface area contributed by atoms with Crippen LogP contribution in [0.5, 0.6) is 0 Å². The lowest BCUT2D eigenvalue weighted by atomic mass is 10.1. The topological polar surface area (TPSA) is 92.1 Å². The zero-order chi connectivity index (χ0) is 21.6. The number of benzene rings is 2. The van der Waals surface area contributed by atoms with E-state index in [0.29, 0.717) is 33.2 Å². The molecule has 0 aliphatic rings. The largest absolute Gasteiger partial charge is 0.340 e. The number of nitrogens with zero attached hydrogens (tertiary/aromatic N) is 4. The summed E-state index contributed by atoms with van der Waals surface area (Å²) in [6, 6.07) is 14.1. The Bertz CT molecular complexity index is 1420. The average Bonchev–Trinajstić information content (AvgIpc) is 3.10. The van der Waals surface area contributed by atoms with Crippen LogP contribution in [0, 0.1) is 10.1 Å². The molecule has 0 aliphatic carbocycles. The second-order valence-electron chi connectivity index (χ2n) is 6.98. The lowest BCUT2D eigenvalue weighted by molar-refractivity contribution is -0.384. The van der Waals surface area contributed by atoms with E-state index in [4.69, 9.17) is 0 Å². The molecule has 0 atom stereocenters. The molecule has 4 rings (SSSR count). The molecule has 30 heavy (non-hydrogen) atoms. The summed E-state index contributed by atoms with van der Waals surface area (Å²) in [6.45, 7) is 0.428. The summed E-state index contributed by atoms with van der Waals surface area (Å²) in [5.74, 6) is 0. The van der Waals surface area contributed by atoms with E-state index in [1.54, 1.807) is 19.3 Å². The summed E-state index contributed by atoms with van der Waals surface area (Å²) in [4.78, 5) is 36.4. The van der Waals surface area contributed by atoms with Crippen LogP contribution in [0.2, 0.25) is 0 Å². The van der Waals surface area contributed by atoms with E-state index in [9.17, 15) is 19.7 Å². The summed E-state index contributed by atoms with van der Waals surface area (Å²) in [5, 5.41) is 11.7. The lowest BCUT2D eigenvalue weighted by Gasteiger charge is -2.12.